The Hall–Kier alpha value is -2.73. The zero-order valence-electron chi connectivity index (χ0n) is 16.8. The van der Waals surface area contributed by atoms with Crippen molar-refractivity contribution in [2.75, 3.05) is 13.1 Å². The zero-order valence-corrected chi connectivity index (χ0v) is 16.8. The minimum absolute atomic E-state index is 0.123. The second-order valence-corrected chi connectivity index (χ2v) is 7.55. The first-order valence-electron chi connectivity index (χ1n) is 10.1. The molecule has 1 atom stereocenters. The Kier molecular flexibility index (Phi) is 7.36. The van der Waals surface area contributed by atoms with Gasteiger partial charge in [-0.2, -0.15) is 0 Å². The second-order valence-electron chi connectivity index (χ2n) is 7.55. The van der Waals surface area contributed by atoms with Crippen LogP contribution in [0.1, 0.15) is 47.7 Å². The summed E-state index contributed by atoms with van der Waals surface area (Å²) in [6.07, 6.45) is 3.75. The smallest absolute Gasteiger partial charge is 0.251 e. The molecule has 2 amide bonds. The molecule has 29 heavy (non-hydrogen) atoms. The molecule has 1 heterocycles. The van der Waals surface area contributed by atoms with E-state index in [1.54, 1.807) is 0 Å². The minimum atomic E-state index is -0.406. The highest BCUT2D eigenvalue weighted by molar-refractivity contribution is 5.96. The number of piperidine rings is 1. The van der Waals surface area contributed by atoms with Gasteiger partial charge in [-0.05, 0) is 61.7 Å². The van der Waals surface area contributed by atoms with E-state index in [-0.39, 0.29) is 12.5 Å². The molecule has 1 fully saturated rings. The maximum Gasteiger partial charge on any atom is 0.251 e. The number of hydrogen-bond donors (Lipinski definition) is 2. The van der Waals surface area contributed by atoms with Crippen molar-refractivity contribution >= 4 is 11.8 Å². The van der Waals surface area contributed by atoms with Crippen molar-refractivity contribution in [3.05, 3.63) is 71.0 Å². The molecule has 2 aromatic carbocycles. The zero-order chi connectivity index (χ0) is 20.6. The average Bonchev–Trinajstić information content (AvgIpc) is 2.73. The first-order chi connectivity index (χ1) is 14.0. The molecule has 5 nitrogen and oxygen atoms in total. The van der Waals surface area contributed by atoms with Gasteiger partial charge >= 0.3 is 0 Å². The van der Waals surface area contributed by atoms with E-state index in [1.807, 2.05) is 18.2 Å². The molecule has 6 heteroatoms. The number of halogens is 1. The summed E-state index contributed by atoms with van der Waals surface area (Å²) in [6.45, 7) is 4.56. The highest BCUT2D eigenvalue weighted by atomic mass is 19.1. The lowest BCUT2D eigenvalue weighted by atomic mass is 10.0. The van der Waals surface area contributed by atoms with Crippen molar-refractivity contribution in [3.63, 3.8) is 0 Å². The van der Waals surface area contributed by atoms with Crippen LogP contribution in [0.3, 0.4) is 0 Å². The molecule has 1 aliphatic rings. The molecule has 1 aliphatic heterocycles. The molecular formula is C23H28FN3O2. The van der Waals surface area contributed by atoms with Gasteiger partial charge in [-0.15, -0.1) is 0 Å². The number of rotatable bonds is 7. The molecule has 0 spiro atoms. The van der Waals surface area contributed by atoms with Gasteiger partial charge in [0.05, 0.1) is 6.54 Å². The summed E-state index contributed by atoms with van der Waals surface area (Å²) in [5, 5.41) is 5.43. The van der Waals surface area contributed by atoms with Gasteiger partial charge in [-0.3, -0.25) is 14.5 Å². The fourth-order valence-electron chi connectivity index (χ4n) is 3.62. The third-order valence-electron chi connectivity index (χ3n) is 5.42. The van der Waals surface area contributed by atoms with Crippen LogP contribution in [0, 0.1) is 5.82 Å². The lowest BCUT2D eigenvalue weighted by molar-refractivity contribution is -0.120. The largest absolute Gasteiger partial charge is 0.350 e. The van der Waals surface area contributed by atoms with Crippen LogP contribution in [-0.2, 0) is 17.9 Å². The molecule has 0 unspecified atom stereocenters. The van der Waals surface area contributed by atoms with E-state index in [2.05, 4.69) is 28.5 Å². The topological polar surface area (TPSA) is 61.4 Å². The number of benzene rings is 2. The Balaban J connectivity index is 1.49. The number of likely N-dealkylation sites (tertiary alicyclic amines) is 1. The van der Waals surface area contributed by atoms with E-state index in [0.717, 1.165) is 18.7 Å². The SMILES string of the molecule is C[C@H]1CCCCN1Cc1ccccc1CNC(=O)CNC(=O)c1ccc(F)cc1. The first-order valence-corrected chi connectivity index (χ1v) is 10.1. The number of amides is 2. The Bertz CT molecular complexity index is 838. The third kappa shape index (κ3) is 6.12. The van der Waals surface area contributed by atoms with Gasteiger partial charge in [0.2, 0.25) is 5.91 Å². The van der Waals surface area contributed by atoms with E-state index in [1.165, 1.54) is 49.1 Å². The Labute approximate surface area is 171 Å². The highest BCUT2D eigenvalue weighted by Gasteiger charge is 2.19. The standard InChI is InChI=1S/C23H28FN3O2/c1-17-6-4-5-13-27(17)16-20-8-3-2-7-19(20)14-25-22(28)15-26-23(29)18-9-11-21(24)12-10-18/h2-3,7-12,17H,4-6,13-16H2,1H3,(H,25,28)(H,26,29)/t17-/m0/s1. The van der Waals surface area contributed by atoms with Gasteiger partial charge in [0.15, 0.2) is 0 Å². The van der Waals surface area contributed by atoms with Crippen LogP contribution in [0.2, 0.25) is 0 Å². The van der Waals surface area contributed by atoms with Crippen LogP contribution in [0.4, 0.5) is 4.39 Å². The average molecular weight is 397 g/mol. The number of nitrogens with one attached hydrogen (secondary N) is 2. The molecule has 0 aromatic heterocycles. The molecule has 0 bridgehead atoms. The second kappa shape index (κ2) is 10.2. The van der Waals surface area contributed by atoms with Crippen molar-refractivity contribution < 1.29 is 14.0 Å². The van der Waals surface area contributed by atoms with E-state index in [9.17, 15) is 14.0 Å². The van der Waals surface area contributed by atoms with Gasteiger partial charge in [-0.25, -0.2) is 4.39 Å². The molecule has 2 aromatic rings. The summed E-state index contributed by atoms with van der Waals surface area (Å²) in [6, 6.07) is 13.9. The number of hydrogen-bond acceptors (Lipinski definition) is 3. The Morgan fingerprint density at radius 3 is 2.48 bits per heavy atom. The molecule has 1 saturated heterocycles. The lowest BCUT2D eigenvalue weighted by Crippen LogP contribution is -2.38. The molecule has 3 rings (SSSR count). The van der Waals surface area contributed by atoms with E-state index in [4.69, 9.17) is 0 Å². The van der Waals surface area contributed by atoms with Gasteiger partial charge in [0.25, 0.3) is 5.91 Å². The maximum atomic E-state index is 12.9. The summed E-state index contributed by atoms with van der Waals surface area (Å²) in [5.41, 5.74) is 2.63. The number of carbonyl (C=O) groups is 2. The summed E-state index contributed by atoms with van der Waals surface area (Å²) in [5.74, 6) is -1.07. The monoisotopic (exact) mass is 397 g/mol. The van der Waals surface area contributed by atoms with Crippen LogP contribution in [-0.4, -0.2) is 35.8 Å². The van der Waals surface area contributed by atoms with Crippen LogP contribution < -0.4 is 10.6 Å². The van der Waals surface area contributed by atoms with Crippen LogP contribution >= 0.6 is 0 Å². The summed E-state index contributed by atoms with van der Waals surface area (Å²) in [4.78, 5) is 26.7. The summed E-state index contributed by atoms with van der Waals surface area (Å²) < 4.78 is 12.9. The van der Waals surface area contributed by atoms with Crippen molar-refractivity contribution in [1.29, 1.82) is 0 Å². The van der Waals surface area contributed by atoms with Gasteiger partial charge in [-0.1, -0.05) is 30.7 Å². The van der Waals surface area contributed by atoms with E-state index in [0.29, 0.717) is 18.2 Å². The molecule has 0 saturated carbocycles. The Morgan fingerprint density at radius 2 is 1.76 bits per heavy atom. The van der Waals surface area contributed by atoms with Crippen molar-refractivity contribution in [2.45, 2.75) is 45.3 Å². The van der Waals surface area contributed by atoms with Crippen molar-refractivity contribution in [3.8, 4) is 0 Å². The predicted octanol–water partition coefficient (Wildman–Crippen LogP) is 3.25. The van der Waals surface area contributed by atoms with Crippen molar-refractivity contribution in [1.82, 2.24) is 15.5 Å². The first kappa shape index (κ1) is 21.0. The van der Waals surface area contributed by atoms with Crippen LogP contribution in [0.5, 0.6) is 0 Å². The van der Waals surface area contributed by atoms with Gasteiger partial charge < -0.3 is 10.6 Å². The summed E-state index contributed by atoms with van der Waals surface area (Å²) >= 11 is 0. The maximum absolute atomic E-state index is 12.9. The predicted molar refractivity (Wildman–Crippen MR) is 111 cm³/mol. The lowest BCUT2D eigenvalue weighted by Gasteiger charge is -2.33. The van der Waals surface area contributed by atoms with E-state index < -0.39 is 11.7 Å². The normalized spacial score (nSPS) is 17.0. The van der Waals surface area contributed by atoms with Crippen LogP contribution in [0.25, 0.3) is 0 Å². The fourth-order valence-corrected chi connectivity index (χ4v) is 3.62. The summed E-state index contributed by atoms with van der Waals surface area (Å²) in [7, 11) is 0. The highest BCUT2D eigenvalue weighted by Crippen LogP contribution is 2.20. The van der Waals surface area contributed by atoms with Gasteiger partial charge in [0, 0.05) is 24.7 Å². The van der Waals surface area contributed by atoms with Crippen LogP contribution in [0.15, 0.2) is 48.5 Å². The molecule has 154 valence electrons. The molecule has 0 radical (unpaired) electrons. The fraction of sp³-hybridized carbons (Fsp3) is 0.391. The quantitative estimate of drug-likeness (QED) is 0.754. The van der Waals surface area contributed by atoms with E-state index >= 15 is 0 Å². The Morgan fingerprint density at radius 1 is 1.03 bits per heavy atom. The molecule has 2 N–H and O–H groups in total. The molecular weight excluding hydrogens is 369 g/mol. The number of nitrogens with zero attached hydrogens (tertiary/aromatic N) is 1. The van der Waals surface area contributed by atoms with Crippen molar-refractivity contribution in [2.24, 2.45) is 0 Å². The minimum Gasteiger partial charge on any atom is -0.350 e. The number of carbonyl (C=O) groups excluding carboxylic acids is 2. The van der Waals surface area contributed by atoms with Gasteiger partial charge in [0.1, 0.15) is 5.82 Å². The third-order valence-corrected chi connectivity index (χ3v) is 5.42. The molecule has 0 aliphatic carbocycles.